The van der Waals surface area contributed by atoms with Gasteiger partial charge in [0, 0.05) is 61.9 Å². The number of likely N-dealkylation sites (tertiary alicyclic amines) is 2. The number of hydrogen-bond acceptors (Lipinski definition) is 6. The Morgan fingerprint density at radius 2 is 1.74 bits per heavy atom. The van der Waals surface area contributed by atoms with Crippen LogP contribution in [-0.4, -0.2) is 61.8 Å². The summed E-state index contributed by atoms with van der Waals surface area (Å²) >= 11 is 0. The number of nitrogens with zero attached hydrogens (tertiary/aromatic N) is 6. The smallest absolute Gasteiger partial charge is 0.230 e. The molecule has 1 aromatic carbocycles. The fourth-order valence-electron chi connectivity index (χ4n) is 4.27. The molecule has 0 atom stereocenters. The van der Waals surface area contributed by atoms with Gasteiger partial charge in [-0.15, -0.1) is 0 Å². The lowest BCUT2D eigenvalue weighted by atomic mass is 9.96. The Morgan fingerprint density at radius 1 is 1.06 bits per heavy atom. The van der Waals surface area contributed by atoms with Crippen LogP contribution in [0.5, 0.6) is 0 Å². The van der Waals surface area contributed by atoms with E-state index in [1.165, 1.54) is 0 Å². The summed E-state index contributed by atoms with van der Waals surface area (Å²) in [7, 11) is 0. The van der Waals surface area contributed by atoms with E-state index in [4.69, 9.17) is 9.62 Å². The lowest BCUT2D eigenvalue weighted by molar-refractivity contribution is -0.134. The SMILES string of the molecule is C=C(C)N1CCC(c2nc(-c3ccc4cn(C5CN(C(C)=O)C5)nc4c3)no2)CC1.CC.CC. The molecule has 4 heterocycles. The van der Waals surface area contributed by atoms with Crippen molar-refractivity contribution in [1.82, 2.24) is 29.7 Å². The minimum atomic E-state index is 0.114. The highest BCUT2D eigenvalue weighted by atomic mass is 16.5. The van der Waals surface area contributed by atoms with Gasteiger partial charge in [0.2, 0.25) is 17.6 Å². The Morgan fingerprint density at radius 3 is 2.35 bits per heavy atom. The summed E-state index contributed by atoms with van der Waals surface area (Å²) in [5.74, 6) is 1.74. The Kier molecular flexibility index (Phi) is 8.47. The van der Waals surface area contributed by atoms with Crippen molar-refractivity contribution in [3.63, 3.8) is 0 Å². The van der Waals surface area contributed by atoms with Crippen molar-refractivity contribution >= 4 is 16.8 Å². The second-order valence-corrected chi connectivity index (χ2v) is 8.41. The maximum absolute atomic E-state index is 11.4. The Hall–Kier alpha value is -3.16. The van der Waals surface area contributed by atoms with Crippen molar-refractivity contribution in [2.45, 2.75) is 66.3 Å². The van der Waals surface area contributed by atoms with Crippen LogP contribution in [0.3, 0.4) is 0 Å². The Balaban J connectivity index is 0.000000771. The zero-order chi connectivity index (χ0) is 24.8. The van der Waals surface area contributed by atoms with Crippen molar-refractivity contribution in [2.75, 3.05) is 26.2 Å². The van der Waals surface area contributed by atoms with Crippen molar-refractivity contribution in [3.05, 3.63) is 42.6 Å². The van der Waals surface area contributed by atoms with E-state index in [1.54, 1.807) is 6.92 Å². The molecule has 8 heteroatoms. The maximum Gasteiger partial charge on any atom is 0.230 e. The topological polar surface area (TPSA) is 80.3 Å². The van der Waals surface area contributed by atoms with Crippen molar-refractivity contribution in [3.8, 4) is 11.4 Å². The molecule has 2 aliphatic heterocycles. The molecule has 0 aliphatic carbocycles. The van der Waals surface area contributed by atoms with Crippen LogP contribution in [0, 0.1) is 0 Å². The average molecular weight is 467 g/mol. The van der Waals surface area contributed by atoms with Gasteiger partial charge in [-0.1, -0.05) is 51.6 Å². The summed E-state index contributed by atoms with van der Waals surface area (Å²) in [5, 5.41) is 10.0. The van der Waals surface area contributed by atoms with Crippen molar-refractivity contribution in [2.24, 2.45) is 0 Å². The number of carbonyl (C=O) groups excluding carboxylic acids is 1. The van der Waals surface area contributed by atoms with Crippen LogP contribution in [0.15, 0.2) is 41.2 Å². The quantitative estimate of drug-likeness (QED) is 0.522. The summed E-state index contributed by atoms with van der Waals surface area (Å²) in [4.78, 5) is 20.2. The van der Waals surface area contributed by atoms with Crippen molar-refractivity contribution < 1.29 is 9.32 Å². The fraction of sp³-hybridized carbons (Fsp3) is 0.538. The predicted octanol–water partition coefficient (Wildman–Crippen LogP) is 5.25. The van der Waals surface area contributed by atoms with E-state index in [-0.39, 0.29) is 11.9 Å². The molecule has 2 aliphatic rings. The van der Waals surface area contributed by atoms with Gasteiger partial charge in [-0.3, -0.25) is 9.48 Å². The molecule has 8 nitrogen and oxygen atoms in total. The van der Waals surface area contributed by atoms with E-state index in [0.717, 1.165) is 54.0 Å². The van der Waals surface area contributed by atoms with Crippen LogP contribution in [-0.2, 0) is 4.79 Å². The predicted molar refractivity (Wildman–Crippen MR) is 135 cm³/mol. The molecular formula is C26H38N6O2. The van der Waals surface area contributed by atoms with E-state index in [9.17, 15) is 4.79 Å². The summed E-state index contributed by atoms with van der Waals surface area (Å²) < 4.78 is 7.57. The molecule has 0 radical (unpaired) electrons. The summed E-state index contributed by atoms with van der Waals surface area (Å²) in [6, 6.07) is 6.30. The monoisotopic (exact) mass is 466 g/mol. The van der Waals surface area contributed by atoms with Gasteiger partial charge in [0.05, 0.1) is 11.6 Å². The lowest BCUT2D eigenvalue weighted by Gasteiger charge is -2.38. The minimum Gasteiger partial charge on any atom is -0.375 e. The first kappa shape index (κ1) is 25.5. The number of benzene rings is 1. The first-order chi connectivity index (χ1) is 16.5. The van der Waals surface area contributed by atoms with Crippen molar-refractivity contribution in [1.29, 1.82) is 0 Å². The van der Waals surface area contributed by atoms with E-state index < -0.39 is 0 Å². The zero-order valence-electron chi connectivity index (χ0n) is 21.4. The number of rotatable bonds is 4. The van der Waals surface area contributed by atoms with Crippen LogP contribution in [0.4, 0.5) is 0 Å². The van der Waals surface area contributed by atoms with Crippen LogP contribution in [0.2, 0.25) is 0 Å². The van der Waals surface area contributed by atoms with E-state index in [2.05, 4.69) is 21.6 Å². The van der Waals surface area contributed by atoms with Crippen LogP contribution >= 0.6 is 0 Å². The molecule has 2 aromatic heterocycles. The molecule has 0 bridgehead atoms. The van der Waals surface area contributed by atoms with Crippen LogP contribution in [0.25, 0.3) is 22.3 Å². The van der Waals surface area contributed by atoms with Gasteiger partial charge in [-0.25, -0.2) is 0 Å². The number of aromatic nitrogens is 4. The summed E-state index contributed by atoms with van der Waals surface area (Å²) in [5.41, 5.74) is 2.92. The second-order valence-electron chi connectivity index (χ2n) is 8.41. The average Bonchev–Trinajstić information content (AvgIpc) is 3.47. The number of amides is 1. The minimum absolute atomic E-state index is 0.114. The molecule has 2 saturated heterocycles. The lowest BCUT2D eigenvalue weighted by Crippen LogP contribution is -2.49. The van der Waals surface area contributed by atoms with Gasteiger partial charge < -0.3 is 14.3 Å². The highest BCUT2D eigenvalue weighted by Gasteiger charge is 2.30. The third-order valence-electron chi connectivity index (χ3n) is 6.29. The van der Waals surface area contributed by atoms with Gasteiger partial charge in [0.25, 0.3) is 0 Å². The van der Waals surface area contributed by atoms with Gasteiger partial charge in [0.1, 0.15) is 0 Å². The summed E-state index contributed by atoms with van der Waals surface area (Å²) in [6.07, 6.45) is 4.03. The molecule has 0 spiro atoms. The number of fused-ring (bicyclic) bond motifs is 1. The van der Waals surface area contributed by atoms with Crippen LogP contribution in [0.1, 0.15) is 72.2 Å². The van der Waals surface area contributed by atoms with E-state index in [1.807, 2.05) is 68.6 Å². The standard InChI is InChI=1S/C22H26N6O2.2C2H6/c1-14(2)26-8-6-16(7-9-26)22-23-21(25-30-22)17-4-5-18-11-28(24-20(18)10-17)19-12-27(13-19)15(3)29;2*1-2/h4-5,10-11,16,19H,1,6-9,12-13H2,2-3H3;2*1-2H3. The van der Waals surface area contributed by atoms with E-state index >= 15 is 0 Å². The third-order valence-corrected chi connectivity index (χ3v) is 6.29. The number of piperidine rings is 1. The molecule has 1 amide bonds. The Labute approximate surface area is 202 Å². The first-order valence-electron chi connectivity index (χ1n) is 12.5. The maximum atomic E-state index is 11.4. The van der Waals surface area contributed by atoms with Gasteiger partial charge in [-0.2, -0.15) is 10.1 Å². The van der Waals surface area contributed by atoms with Crippen LogP contribution < -0.4 is 0 Å². The summed E-state index contributed by atoms with van der Waals surface area (Å²) in [6.45, 7) is 19.1. The molecule has 3 aromatic rings. The largest absolute Gasteiger partial charge is 0.375 e. The van der Waals surface area contributed by atoms with Gasteiger partial charge in [-0.05, 0) is 25.8 Å². The van der Waals surface area contributed by atoms with Gasteiger partial charge >= 0.3 is 0 Å². The molecule has 0 saturated carbocycles. The molecule has 0 N–H and O–H groups in total. The second kappa shape index (κ2) is 11.3. The molecule has 34 heavy (non-hydrogen) atoms. The molecule has 184 valence electrons. The number of allylic oxidation sites excluding steroid dienone is 1. The van der Waals surface area contributed by atoms with E-state index in [0.29, 0.717) is 24.8 Å². The molecule has 2 fully saturated rings. The highest BCUT2D eigenvalue weighted by Crippen LogP contribution is 2.30. The van der Waals surface area contributed by atoms with Gasteiger partial charge in [0.15, 0.2) is 0 Å². The number of carbonyl (C=O) groups is 1. The molecule has 0 unspecified atom stereocenters. The number of hydrogen-bond donors (Lipinski definition) is 0. The third kappa shape index (κ3) is 5.32. The first-order valence-corrected chi connectivity index (χ1v) is 12.5. The highest BCUT2D eigenvalue weighted by molar-refractivity contribution is 5.82. The molecule has 5 rings (SSSR count). The zero-order valence-corrected chi connectivity index (χ0v) is 21.4. The molecular weight excluding hydrogens is 428 g/mol. The Bertz CT molecular complexity index is 1100. The normalized spacial score (nSPS) is 16.3. The fourth-order valence-corrected chi connectivity index (χ4v) is 4.27.